The van der Waals surface area contributed by atoms with Crippen LogP contribution in [0.2, 0.25) is 5.02 Å². The fourth-order valence-electron chi connectivity index (χ4n) is 19.7. The molecule has 19 atom stereocenters. The summed E-state index contributed by atoms with van der Waals surface area (Å²) in [4.78, 5) is 141. The minimum atomic E-state index is -3.58. The van der Waals surface area contributed by atoms with Crippen LogP contribution in [0.25, 0.3) is 11.1 Å². The van der Waals surface area contributed by atoms with Gasteiger partial charge in [-0.25, -0.2) is 17.9 Å². The summed E-state index contributed by atoms with van der Waals surface area (Å²) in [5.41, 5.74) is 3.81. The van der Waals surface area contributed by atoms with Crippen LogP contribution < -0.4 is 87.9 Å². The predicted molar refractivity (Wildman–Crippen MR) is 467 cm³/mol. The molecule has 0 aromatic heterocycles. The topological polar surface area (TPSA) is 585 Å². The monoisotopic (exact) mass is 1860 g/mol. The van der Waals surface area contributed by atoms with Crippen molar-refractivity contribution in [3.05, 3.63) is 147 Å². The minimum Gasteiger partial charge on any atom is -0.508 e. The van der Waals surface area contributed by atoms with Gasteiger partial charge in [-0.15, -0.1) is 0 Å². The van der Waals surface area contributed by atoms with Crippen LogP contribution in [0, 0.1) is 36.5 Å². The Kier molecular flexibility index (Phi) is 28.0. The highest BCUT2D eigenvalue weighted by molar-refractivity contribution is 7.88. The van der Waals surface area contributed by atoms with Gasteiger partial charge in [-0.05, 0) is 227 Å². The molecule has 4 saturated carbocycles. The van der Waals surface area contributed by atoms with Gasteiger partial charge in [0.1, 0.15) is 102 Å². The van der Waals surface area contributed by atoms with Gasteiger partial charge in [0, 0.05) is 53.5 Å². The molecule has 131 heavy (non-hydrogen) atoms. The van der Waals surface area contributed by atoms with E-state index < -0.39 is 236 Å². The molecule has 0 radical (unpaired) electrons. The molecule has 22 N–H and O–H groups in total. The zero-order chi connectivity index (χ0) is 93.8. The zero-order valence-corrected chi connectivity index (χ0v) is 74.4. The van der Waals surface area contributed by atoms with Crippen molar-refractivity contribution in [2.24, 2.45) is 35.3 Å². The molecule has 704 valence electrons. The number of phenols is 2. The van der Waals surface area contributed by atoms with E-state index in [1.165, 1.54) is 94.7 Å². The first-order valence-corrected chi connectivity index (χ1v) is 45.8. The van der Waals surface area contributed by atoms with E-state index in [2.05, 4.69) is 63.2 Å². The third kappa shape index (κ3) is 20.4. The third-order valence-electron chi connectivity index (χ3n) is 26.2. The molecule has 18 bridgehead atoms. The Bertz CT molecular complexity index is 5510. The van der Waals surface area contributed by atoms with Crippen molar-refractivity contribution in [2.45, 2.75) is 220 Å². The number of methoxy groups -OCH3 is 1. The highest BCUT2D eigenvalue weighted by Crippen LogP contribution is 2.55. The molecular formula is C90H110ClN13O26S. The molecular weight excluding hydrogens is 1750 g/mol. The van der Waals surface area contributed by atoms with Gasteiger partial charge in [-0.1, -0.05) is 43.6 Å². The van der Waals surface area contributed by atoms with Crippen molar-refractivity contribution in [1.29, 1.82) is 0 Å². The molecule has 10 amide bonds. The molecule has 6 fully saturated rings. The van der Waals surface area contributed by atoms with Crippen molar-refractivity contribution in [3.63, 3.8) is 0 Å². The van der Waals surface area contributed by atoms with Crippen molar-refractivity contribution >= 4 is 80.6 Å². The molecule has 6 aromatic carbocycles. The summed E-state index contributed by atoms with van der Waals surface area (Å²) in [6.45, 7) is 8.28. The van der Waals surface area contributed by atoms with Crippen molar-refractivity contribution in [1.82, 2.24) is 57.9 Å². The summed E-state index contributed by atoms with van der Waals surface area (Å²) in [6.07, 6.45) is -16.4. The van der Waals surface area contributed by atoms with Crippen molar-refractivity contribution < 1.29 is 126 Å². The van der Waals surface area contributed by atoms with E-state index in [-0.39, 0.29) is 119 Å². The number of nitrogens with two attached hydrogens (primary N) is 1. The number of hydrogen-bond acceptors (Lipinski definition) is 29. The Morgan fingerprint density at radius 2 is 1.34 bits per heavy atom. The van der Waals surface area contributed by atoms with Crippen LogP contribution in [-0.4, -0.2) is 221 Å². The first kappa shape index (κ1) is 94.7. The molecule has 39 nitrogen and oxygen atoms in total. The highest BCUT2D eigenvalue weighted by atomic mass is 35.5. The van der Waals surface area contributed by atoms with Gasteiger partial charge in [0.2, 0.25) is 69.3 Å². The van der Waals surface area contributed by atoms with Crippen LogP contribution in [0.5, 0.6) is 46.0 Å². The third-order valence-corrected chi connectivity index (χ3v) is 27.2. The predicted octanol–water partition coefficient (Wildman–Crippen LogP) is 2.87. The van der Waals surface area contributed by atoms with E-state index in [4.69, 9.17) is 50.5 Å². The number of aliphatic hydroxyl groups excluding tert-OH is 6. The van der Waals surface area contributed by atoms with Crippen LogP contribution >= 0.6 is 11.6 Å². The number of ether oxygens (including phenoxy) is 7. The number of hydrogen-bond donors (Lipinski definition) is 21. The summed E-state index contributed by atoms with van der Waals surface area (Å²) in [7, 11) is -0.709. The quantitative estimate of drug-likeness (QED) is 0.0489. The lowest BCUT2D eigenvalue weighted by atomic mass is 9.54. The van der Waals surface area contributed by atoms with Gasteiger partial charge in [0.05, 0.1) is 43.1 Å². The summed E-state index contributed by atoms with van der Waals surface area (Å²) >= 11 is 7.35. The standard InChI is InChI=1S/C90H110ClN13O26S/c1-37(2)22-55(93-6)81(114)103-70-72(108)43-11-18-59-51(29-43)74(110)78-75(111)76(112)79(128-64-35-90(5,92)80(113)39(4)125-64)88(130-78)129-77-61(126-59)31-47-32-62(77)127-60-19-12-44(30-54(60)91)73(109)71-87(120)102-69(85(118)99-66-45-24-40-23-41(26-45)27-46(66)25-40)52-33-58(106)53(36-94-20-9-21-95-131(8,122)123)38(3)65(52)50-28-42(10-17-57(50)105)67(83(116)104-71)101-84(117)68(47)100-82(115)56(97-86(70)119)34-63(107)98-89(121)96-48-13-15-49(124-7)16-14-48/h10-19,28-33,37,39-41,45-46,55-56,64,66-76,78-80,88,93-95,105-106,108-113H,9,20-27,34-36,92H2,1-8H3,(H,97,119)(H,99,118)(H,100,115)(H,101,117)(H,102,120)(H,103,114)(H,104,116)(H2,96,98,107,121)/t39-,40?,41?,45?,46?,55+,56-,64-,66?,67+,68+,69-,70+,71-,72+,73+,74?,75-,76-,78+,79+,80+,88+,90-/m0/s1. The van der Waals surface area contributed by atoms with Gasteiger partial charge in [0.15, 0.2) is 23.9 Å². The molecule has 6 aromatic rings. The summed E-state index contributed by atoms with van der Waals surface area (Å²) < 4.78 is 71.6. The summed E-state index contributed by atoms with van der Waals surface area (Å²) in [6, 6.07) is 4.20. The van der Waals surface area contributed by atoms with Crippen LogP contribution in [0.15, 0.2) is 97.1 Å². The second-order valence-corrected chi connectivity index (χ2v) is 38.4. The maximum Gasteiger partial charge on any atom is 0.325 e. The molecule has 1 unspecified atom stereocenters. The van der Waals surface area contributed by atoms with E-state index in [1.54, 1.807) is 20.8 Å². The lowest BCUT2D eigenvalue weighted by molar-refractivity contribution is -0.339. The van der Waals surface area contributed by atoms with Gasteiger partial charge < -0.3 is 133 Å². The average Bonchev–Trinajstić information content (AvgIpc) is 0.751. The number of phenolic OH excluding ortho intramolecular Hbond substituents is 2. The fourth-order valence-corrected chi connectivity index (χ4v) is 20.4. The van der Waals surface area contributed by atoms with E-state index in [0.717, 1.165) is 68.7 Å². The van der Waals surface area contributed by atoms with Crippen LogP contribution in [0.3, 0.4) is 0 Å². The van der Waals surface area contributed by atoms with Gasteiger partial charge in [-0.2, -0.15) is 0 Å². The number of aromatic hydroxyl groups is 2. The number of sulfonamides is 1. The summed E-state index contributed by atoms with van der Waals surface area (Å²) in [5, 5.41) is 130. The molecule has 2 saturated heterocycles. The number of fused-ring (bicyclic) bond motifs is 16. The Hall–Kier alpha value is -10.9. The molecule has 4 aliphatic carbocycles. The number of urea groups is 1. The SMILES string of the molecule is CN[C@H](CC(C)C)C(=O)N[C@H]1C(=O)N[C@@H](CC(=O)NC(=O)Nc2ccc(OC)cc2)C(=O)N[C@H]2C(=O)N[C@H]3C(=O)N[C@H](C(=O)N[C@H](C(=O)NC4C5CC6CC(C5)CC4C6)c4cc(O)c(CNCCCNS(C)(=O)=O)c(C)c4-c4cc3ccc4O)[C@H](O)c3ccc(c(Cl)c3)Oc3cc2cc2c3O[C@@H]3O[C@H](C(O)c4cc(ccc4O2)[C@H]1O)[C@@H](O)[C@H](O)[C@H]3O[C@H]1C[C@](C)(N)[C@H](O)[C@H](C)O1. The number of likely N-dealkylation sites (N-methyl/N-ethyl adjacent to an activating group) is 1. The number of anilines is 1. The first-order chi connectivity index (χ1) is 62.2. The molecule has 8 heterocycles. The molecule has 8 aliphatic heterocycles. The zero-order valence-electron chi connectivity index (χ0n) is 72.9. The fraction of sp³-hybridized carbons (Fsp3) is 0.500. The Morgan fingerprint density at radius 1 is 0.687 bits per heavy atom. The van der Waals surface area contributed by atoms with Crippen molar-refractivity contribution in [3.8, 4) is 57.1 Å². The van der Waals surface area contributed by atoms with Crippen molar-refractivity contribution in [2.75, 3.05) is 38.8 Å². The lowest BCUT2D eigenvalue weighted by Crippen LogP contribution is -2.64. The van der Waals surface area contributed by atoms with E-state index in [0.29, 0.717) is 17.6 Å². The number of nitrogens with one attached hydrogen (secondary N) is 12. The second kappa shape index (κ2) is 38.7. The second-order valence-electron chi connectivity index (χ2n) is 36.1. The van der Waals surface area contributed by atoms with E-state index >= 15 is 28.8 Å². The number of benzene rings is 6. The number of amides is 10. The van der Waals surface area contributed by atoms with Crippen LogP contribution in [-0.2, 0) is 69.1 Å². The maximum atomic E-state index is 16.9. The number of carbonyl (C=O) groups excluding carboxylic acids is 9. The minimum absolute atomic E-state index is 0.00290. The molecule has 12 aliphatic rings. The smallest absolute Gasteiger partial charge is 0.325 e. The number of aliphatic hydroxyl groups is 6. The highest BCUT2D eigenvalue weighted by Gasteiger charge is 2.55. The number of carbonyl (C=O) groups is 9. The van der Waals surface area contributed by atoms with Gasteiger partial charge >= 0.3 is 6.03 Å². The lowest BCUT2D eigenvalue weighted by Gasteiger charge is -2.54. The molecule has 0 spiro atoms. The normalized spacial score (nSPS) is 30.5. The maximum absolute atomic E-state index is 16.9. The largest absolute Gasteiger partial charge is 0.508 e. The van der Waals surface area contributed by atoms with Crippen LogP contribution in [0.1, 0.15) is 166 Å². The summed E-state index contributed by atoms with van der Waals surface area (Å²) in [5.74, 6) is -12.1. The Labute approximate surface area is 758 Å². The van der Waals surface area contributed by atoms with E-state index in [1.807, 2.05) is 0 Å². The van der Waals surface area contributed by atoms with Crippen LogP contribution in [0.4, 0.5) is 10.5 Å². The van der Waals surface area contributed by atoms with Gasteiger partial charge in [0.25, 0.3) is 0 Å². The number of halogens is 1. The van der Waals surface area contributed by atoms with Gasteiger partial charge in [-0.3, -0.25) is 43.7 Å². The first-order valence-electron chi connectivity index (χ1n) is 43.6. The number of rotatable bonds is 20. The Morgan fingerprint density at radius 3 is 1.99 bits per heavy atom. The Balaban J connectivity index is 0.933. The molecule has 41 heteroatoms. The number of imide groups is 1. The van der Waals surface area contributed by atoms with E-state index in [9.17, 15) is 63.7 Å². The molecule has 18 rings (SSSR count). The average molecular weight is 1860 g/mol.